The molecule has 0 fully saturated rings. The highest BCUT2D eigenvalue weighted by molar-refractivity contribution is 7.16. The van der Waals surface area contributed by atoms with Gasteiger partial charge in [0.15, 0.2) is 34.0 Å². The summed E-state index contributed by atoms with van der Waals surface area (Å²) in [6.45, 7) is 11.5. The van der Waals surface area contributed by atoms with Crippen LogP contribution >= 0.6 is 22.7 Å². The van der Waals surface area contributed by atoms with Gasteiger partial charge in [0.1, 0.15) is 5.52 Å². The van der Waals surface area contributed by atoms with Gasteiger partial charge < -0.3 is 28.8 Å². The topological polar surface area (TPSA) is 116 Å². The van der Waals surface area contributed by atoms with Crippen LogP contribution in [0, 0.1) is 12.7 Å². The third-order valence-corrected chi connectivity index (χ3v) is 13.1. The zero-order valence-corrected chi connectivity index (χ0v) is 35.3. The summed E-state index contributed by atoms with van der Waals surface area (Å²) >= 11 is 2.94. The van der Waals surface area contributed by atoms with Crippen molar-refractivity contribution in [2.24, 2.45) is 4.99 Å². The number of carbonyl (C=O) groups is 1. The number of carbonyl (C=O) groups excluding carboxylic acids is 1. The summed E-state index contributed by atoms with van der Waals surface area (Å²) in [5.74, 6) is 0.541. The molecule has 3 aromatic heterocycles. The summed E-state index contributed by atoms with van der Waals surface area (Å²) in [7, 11) is 4.11. The van der Waals surface area contributed by atoms with Gasteiger partial charge in [-0.05, 0) is 89.0 Å². The van der Waals surface area contributed by atoms with E-state index in [1.807, 2.05) is 56.3 Å². The molecule has 0 saturated carbocycles. The molecule has 12 nitrogen and oxygen atoms in total. The van der Waals surface area contributed by atoms with Crippen molar-refractivity contribution in [3.8, 4) is 5.75 Å². The Balaban J connectivity index is 1.19. The number of hydrogen-bond donors (Lipinski definition) is 0. The number of esters is 1. The van der Waals surface area contributed by atoms with Crippen LogP contribution in [-0.4, -0.2) is 93.2 Å². The summed E-state index contributed by atoms with van der Waals surface area (Å²) in [4.78, 5) is 34.2. The van der Waals surface area contributed by atoms with Crippen LogP contribution in [0.25, 0.3) is 10.2 Å². The molecule has 0 unspecified atom stereocenters. The van der Waals surface area contributed by atoms with Crippen LogP contribution in [0.5, 0.6) is 5.75 Å². The molecular weight excluding hydrogens is 758 g/mol. The molecule has 0 N–H and O–H groups in total. The number of rotatable bonds is 17. The molecular formula is C39H50FN7O5S2Si. The van der Waals surface area contributed by atoms with Crippen molar-refractivity contribution in [2.75, 3.05) is 59.2 Å². The Bertz CT molecular complexity index is 2180. The molecule has 5 aromatic rings. The first-order chi connectivity index (χ1) is 26.4. The van der Waals surface area contributed by atoms with Crippen LogP contribution in [0.1, 0.15) is 44.9 Å². The van der Waals surface area contributed by atoms with Gasteiger partial charge in [-0.15, -0.1) is 21.5 Å². The van der Waals surface area contributed by atoms with E-state index in [1.54, 1.807) is 10.8 Å². The van der Waals surface area contributed by atoms with Crippen LogP contribution < -0.4 is 19.3 Å². The minimum absolute atomic E-state index is 0.114. The third-order valence-electron chi connectivity index (χ3n) is 9.23. The van der Waals surface area contributed by atoms with Gasteiger partial charge in [0, 0.05) is 43.8 Å². The molecule has 1 aliphatic heterocycles. The fourth-order valence-electron chi connectivity index (χ4n) is 6.09. The van der Waals surface area contributed by atoms with Gasteiger partial charge in [-0.1, -0.05) is 49.2 Å². The SMILES string of the molecule is COC(=O)c1nc(N2CCCc3c2nnc(/N=c2\sc4ccccc4n2OCOCC[Si](C)(C)C)c3C)sc1CCCOc1ccc(CCN(C)C)cc1F. The Labute approximate surface area is 330 Å². The lowest BCUT2D eigenvalue weighted by molar-refractivity contribution is -0.0540. The molecule has 0 radical (unpaired) electrons. The number of anilines is 2. The first-order valence-corrected chi connectivity index (χ1v) is 23.9. The maximum atomic E-state index is 14.8. The molecule has 294 valence electrons. The van der Waals surface area contributed by atoms with Crippen LogP contribution in [0.4, 0.5) is 21.2 Å². The molecule has 6 rings (SSSR count). The number of thiazole rings is 2. The van der Waals surface area contributed by atoms with Gasteiger partial charge in [-0.2, -0.15) is 9.72 Å². The largest absolute Gasteiger partial charge is 0.491 e. The molecule has 16 heteroatoms. The highest BCUT2D eigenvalue weighted by Crippen LogP contribution is 2.39. The van der Waals surface area contributed by atoms with Gasteiger partial charge in [-0.25, -0.2) is 14.2 Å². The Kier molecular flexibility index (Phi) is 13.3. The average molecular weight is 808 g/mol. The van der Waals surface area contributed by atoms with Crippen LogP contribution in [0.3, 0.4) is 0 Å². The van der Waals surface area contributed by atoms with Crippen molar-refractivity contribution in [1.82, 2.24) is 24.8 Å². The molecule has 0 amide bonds. The second kappa shape index (κ2) is 18.2. The second-order valence-corrected chi connectivity index (χ2v) is 22.7. The number of aromatic nitrogens is 4. The number of methoxy groups -OCH3 is 1. The highest BCUT2D eigenvalue weighted by Gasteiger charge is 2.29. The molecule has 55 heavy (non-hydrogen) atoms. The molecule has 4 heterocycles. The molecule has 0 atom stereocenters. The normalized spacial score (nSPS) is 13.5. The first-order valence-electron chi connectivity index (χ1n) is 18.6. The average Bonchev–Trinajstić information content (AvgIpc) is 3.74. The molecule has 0 saturated heterocycles. The number of nitrogens with zero attached hydrogens (tertiary/aromatic N) is 7. The fraction of sp³-hybridized carbons (Fsp3) is 0.462. The highest BCUT2D eigenvalue weighted by atomic mass is 32.1. The predicted molar refractivity (Wildman–Crippen MR) is 219 cm³/mol. The van der Waals surface area contributed by atoms with Crippen LogP contribution in [-0.2, 0) is 28.7 Å². The maximum Gasteiger partial charge on any atom is 0.357 e. The Morgan fingerprint density at radius 2 is 1.89 bits per heavy atom. The lowest BCUT2D eigenvalue weighted by Gasteiger charge is -2.28. The summed E-state index contributed by atoms with van der Waals surface area (Å²) in [5, 5.41) is 9.92. The number of fused-ring (bicyclic) bond motifs is 2. The Morgan fingerprint density at radius 1 is 1.07 bits per heavy atom. The molecule has 1 aliphatic rings. The second-order valence-electron chi connectivity index (χ2n) is 15.0. The maximum absolute atomic E-state index is 14.8. The Hall–Kier alpha value is -4.22. The molecule has 0 bridgehead atoms. The number of aryl methyl sites for hydroxylation is 1. The van der Waals surface area contributed by atoms with Gasteiger partial charge in [-0.3, -0.25) is 0 Å². The van der Waals surface area contributed by atoms with E-state index in [0.29, 0.717) is 47.6 Å². The van der Waals surface area contributed by atoms with Crippen LogP contribution in [0.15, 0.2) is 47.5 Å². The summed E-state index contributed by atoms with van der Waals surface area (Å²) < 4.78 is 34.3. The summed E-state index contributed by atoms with van der Waals surface area (Å²) in [6, 6.07) is 14.2. The summed E-state index contributed by atoms with van der Waals surface area (Å²) in [6.07, 6.45) is 3.48. The number of halogens is 1. The molecule has 2 aromatic carbocycles. The fourth-order valence-corrected chi connectivity index (χ4v) is 8.93. The van der Waals surface area contributed by atoms with E-state index < -0.39 is 14.0 Å². The first kappa shape index (κ1) is 40.4. The van der Waals surface area contributed by atoms with E-state index in [2.05, 4.69) is 34.7 Å². The smallest absolute Gasteiger partial charge is 0.357 e. The quantitative estimate of drug-likeness (QED) is 0.0409. The van der Waals surface area contributed by atoms with E-state index in [-0.39, 0.29) is 30.7 Å². The zero-order valence-electron chi connectivity index (χ0n) is 32.7. The van der Waals surface area contributed by atoms with Gasteiger partial charge in [0.05, 0.1) is 18.4 Å². The number of para-hydroxylation sites is 1. The number of likely N-dealkylation sites (N-methyl/N-ethyl adjacent to an activating group) is 1. The Morgan fingerprint density at radius 3 is 2.65 bits per heavy atom. The third kappa shape index (κ3) is 10.2. The van der Waals surface area contributed by atoms with E-state index in [1.165, 1.54) is 35.8 Å². The van der Waals surface area contributed by atoms with Gasteiger partial charge in [0.2, 0.25) is 11.6 Å². The minimum Gasteiger partial charge on any atom is -0.491 e. The van der Waals surface area contributed by atoms with Gasteiger partial charge in [0.25, 0.3) is 0 Å². The lowest BCUT2D eigenvalue weighted by atomic mass is 10.0. The lowest BCUT2D eigenvalue weighted by Crippen LogP contribution is -2.28. The monoisotopic (exact) mass is 807 g/mol. The van der Waals surface area contributed by atoms with E-state index >= 15 is 0 Å². The van der Waals surface area contributed by atoms with Crippen molar-refractivity contribution < 1.29 is 28.2 Å². The van der Waals surface area contributed by atoms with Crippen LogP contribution in [0.2, 0.25) is 25.7 Å². The summed E-state index contributed by atoms with van der Waals surface area (Å²) in [5.41, 5.74) is 4.04. The standard InChI is InChI=1S/C39H50FN7O5S2Si/c1-26-28-12-10-19-46(36(28)44-43-35(26)42-39-47(30-13-8-9-14-32(30)53-39)52-25-50-22-23-55(5,6)7)38-41-34(37(48)49-4)33(54-38)15-11-21-51-31-17-16-27(24-29(31)40)18-20-45(2)3/h8-9,13-14,16-17,24H,10-12,15,18-23,25H2,1-7H3/b42-39-. The van der Waals surface area contributed by atoms with Crippen molar-refractivity contribution in [3.63, 3.8) is 0 Å². The number of ether oxygens (including phenoxy) is 3. The van der Waals surface area contributed by atoms with E-state index in [4.69, 9.17) is 29.0 Å². The zero-order chi connectivity index (χ0) is 39.1. The van der Waals surface area contributed by atoms with Crippen molar-refractivity contribution in [2.45, 2.75) is 64.7 Å². The number of benzene rings is 2. The van der Waals surface area contributed by atoms with Crippen molar-refractivity contribution >= 4 is 63.7 Å². The van der Waals surface area contributed by atoms with E-state index in [0.717, 1.165) is 63.6 Å². The predicted octanol–water partition coefficient (Wildman–Crippen LogP) is 7.36. The van der Waals surface area contributed by atoms with E-state index in [9.17, 15) is 9.18 Å². The minimum atomic E-state index is -1.22. The van der Waals surface area contributed by atoms with Crippen molar-refractivity contribution in [3.05, 3.63) is 80.3 Å². The van der Waals surface area contributed by atoms with Crippen molar-refractivity contribution in [1.29, 1.82) is 0 Å². The number of hydrogen-bond acceptors (Lipinski definition) is 13. The molecule has 0 spiro atoms. The van der Waals surface area contributed by atoms with Gasteiger partial charge >= 0.3 is 5.97 Å². The molecule has 0 aliphatic carbocycles.